The van der Waals surface area contributed by atoms with Crippen molar-refractivity contribution in [1.29, 1.82) is 0 Å². The maximum absolute atomic E-state index is 5.55. The van der Waals surface area contributed by atoms with Crippen molar-refractivity contribution in [2.75, 3.05) is 5.32 Å². The number of hydrogen-bond acceptors (Lipinski definition) is 2. The average molecular weight is 274 g/mol. The van der Waals surface area contributed by atoms with Gasteiger partial charge < -0.3 is 5.32 Å². The first-order valence-corrected chi connectivity index (χ1v) is 7.41. The smallest absolute Gasteiger partial charge is 0.210 e. The van der Waals surface area contributed by atoms with Gasteiger partial charge in [-0.1, -0.05) is 45.7 Å². The lowest BCUT2D eigenvalue weighted by Gasteiger charge is -2.19. The van der Waals surface area contributed by atoms with Crippen LogP contribution in [0.5, 0.6) is 0 Å². The van der Waals surface area contributed by atoms with Crippen LogP contribution in [0.25, 0.3) is 0 Å². The summed E-state index contributed by atoms with van der Waals surface area (Å²) in [5.74, 6) is 6.21. The zero-order valence-electron chi connectivity index (χ0n) is 12.7. The highest BCUT2D eigenvalue weighted by molar-refractivity contribution is 5.93. The molecule has 1 aliphatic rings. The van der Waals surface area contributed by atoms with Gasteiger partial charge in [0.2, 0.25) is 5.96 Å². The minimum Gasteiger partial charge on any atom is -0.325 e. The zero-order chi connectivity index (χ0) is 14.6. The second-order valence-electron chi connectivity index (χ2n) is 6.51. The first-order valence-electron chi connectivity index (χ1n) is 7.41. The molecule has 2 rings (SSSR count). The molecule has 4 heteroatoms. The molecule has 0 radical (unpaired) electrons. The number of rotatable bonds is 2. The molecule has 4 N–H and O–H groups in total. The number of anilines is 1. The number of aliphatic imine (C=N–C) groups is 1. The van der Waals surface area contributed by atoms with Crippen molar-refractivity contribution in [3.05, 3.63) is 29.8 Å². The van der Waals surface area contributed by atoms with E-state index in [1.54, 1.807) is 0 Å². The van der Waals surface area contributed by atoms with Crippen molar-refractivity contribution in [1.82, 2.24) is 5.43 Å². The quantitative estimate of drug-likeness (QED) is 0.336. The van der Waals surface area contributed by atoms with Gasteiger partial charge in [0.1, 0.15) is 0 Å². The van der Waals surface area contributed by atoms with E-state index in [1.807, 2.05) is 0 Å². The largest absolute Gasteiger partial charge is 0.325 e. The first kappa shape index (κ1) is 14.9. The highest BCUT2D eigenvalue weighted by Crippen LogP contribution is 2.24. The van der Waals surface area contributed by atoms with Gasteiger partial charge in [-0.2, -0.15) is 0 Å². The third kappa shape index (κ3) is 3.97. The van der Waals surface area contributed by atoms with Gasteiger partial charge in [-0.3, -0.25) is 5.43 Å². The molecule has 0 aliphatic heterocycles. The van der Waals surface area contributed by atoms with Crippen LogP contribution in [-0.4, -0.2) is 12.0 Å². The van der Waals surface area contributed by atoms with E-state index in [1.165, 1.54) is 18.4 Å². The molecule has 4 nitrogen and oxygen atoms in total. The first-order chi connectivity index (χ1) is 9.49. The Morgan fingerprint density at radius 3 is 2.25 bits per heavy atom. The van der Waals surface area contributed by atoms with Crippen LogP contribution in [0.4, 0.5) is 5.69 Å². The monoisotopic (exact) mass is 274 g/mol. The number of hydrogen-bond donors (Lipinski definition) is 3. The van der Waals surface area contributed by atoms with Crippen molar-refractivity contribution in [2.45, 2.75) is 57.9 Å². The van der Waals surface area contributed by atoms with Crippen LogP contribution in [-0.2, 0) is 5.41 Å². The molecular weight excluding hydrogens is 248 g/mol. The molecule has 110 valence electrons. The molecule has 1 aromatic carbocycles. The Hall–Kier alpha value is -1.55. The SMILES string of the molecule is CC(C)(C)c1ccc(NC(=NC2CCCC2)NN)cc1. The molecule has 20 heavy (non-hydrogen) atoms. The summed E-state index contributed by atoms with van der Waals surface area (Å²) in [7, 11) is 0. The number of nitrogens with one attached hydrogen (secondary N) is 2. The molecule has 0 amide bonds. The Labute approximate surface area is 121 Å². The Bertz CT molecular complexity index is 450. The van der Waals surface area contributed by atoms with Crippen LogP contribution < -0.4 is 16.6 Å². The molecule has 1 fully saturated rings. The van der Waals surface area contributed by atoms with Gasteiger partial charge in [0.25, 0.3) is 0 Å². The molecule has 1 saturated carbocycles. The molecule has 0 unspecified atom stereocenters. The fourth-order valence-electron chi connectivity index (χ4n) is 2.51. The fraction of sp³-hybridized carbons (Fsp3) is 0.562. The Morgan fingerprint density at radius 2 is 1.75 bits per heavy atom. The van der Waals surface area contributed by atoms with Crippen molar-refractivity contribution in [3.63, 3.8) is 0 Å². The summed E-state index contributed by atoms with van der Waals surface area (Å²) in [6.07, 6.45) is 4.87. The summed E-state index contributed by atoms with van der Waals surface area (Å²) in [4.78, 5) is 4.63. The summed E-state index contributed by atoms with van der Waals surface area (Å²) in [6, 6.07) is 8.84. The molecule has 1 aliphatic carbocycles. The van der Waals surface area contributed by atoms with Gasteiger partial charge in [0.05, 0.1) is 6.04 Å². The lowest BCUT2D eigenvalue weighted by Crippen LogP contribution is -2.37. The van der Waals surface area contributed by atoms with E-state index in [9.17, 15) is 0 Å². The van der Waals surface area contributed by atoms with Crippen molar-refractivity contribution in [2.24, 2.45) is 10.8 Å². The van der Waals surface area contributed by atoms with E-state index in [0.717, 1.165) is 18.5 Å². The van der Waals surface area contributed by atoms with Crippen molar-refractivity contribution < 1.29 is 0 Å². The minimum atomic E-state index is 0.172. The zero-order valence-corrected chi connectivity index (χ0v) is 12.7. The van der Waals surface area contributed by atoms with Crippen LogP contribution in [0.1, 0.15) is 52.0 Å². The predicted molar refractivity (Wildman–Crippen MR) is 85.8 cm³/mol. The van der Waals surface area contributed by atoms with Gasteiger partial charge in [0, 0.05) is 5.69 Å². The highest BCUT2D eigenvalue weighted by Gasteiger charge is 2.15. The van der Waals surface area contributed by atoms with E-state index in [2.05, 4.69) is 60.8 Å². The fourth-order valence-corrected chi connectivity index (χ4v) is 2.51. The summed E-state index contributed by atoms with van der Waals surface area (Å²) < 4.78 is 0. The summed E-state index contributed by atoms with van der Waals surface area (Å²) >= 11 is 0. The van der Waals surface area contributed by atoms with Crippen molar-refractivity contribution in [3.8, 4) is 0 Å². The maximum Gasteiger partial charge on any atom is 0.210 e. The highest BCUT2D eigenvalue weighted by atomic mass is 15.3. The molecule has 1 aromatic rings. The van der Waals surface area contributed by atoms with Crippen LogP contribution >= 0.6 is 0 Å². The number of nitrogens with two attached hydrogens (primary N) is 1. The van der Waals surface area contributed by atoms with Gasteiger partial charge in [0.15, 0.2) is 0 Å². The van der Waals surface area contributed by atoms with Gasteiger partial charge >= 0.3 is 0 Å². The van der Waals surface area contributed by atoms with Gasteiger partial charge in [-0.25, -0.2) is 10.8 Å². The predicted octanol–water partition coefficient (Wildman–Crippen LogP) is 3.16. The second kappa shape index (κ2) is 6.27. The molecule has 0 aromatic heterocycles. The third-order valence-electron chi connectivity index (χ3n) is 3.79. The molecule has 0 saturated heterocycles. The Morgan fingerprint density at radius 1 is 1.15 bits per heavy atom. The van der Waals surface area contributed by atoms with Crippen molar-refractivity contribution >= 4 is 11.6 Å². The van der Waals surface area contributed by atoms with Crippen LogP contribution in [0, 0.1) is 0 Å². The topological polar surface area (TPSA) is 62.4 Å². The van der Waals surface area contributed by atoms with E-state index < -0.39 is 0 Å². The van der Waals surface area contributed by atoms with Gasteiger partial charge in [-0.15, -0.1) is 0 Å². The minimum absolute atomic E-state index is 0.172. The van der Waals surface area contributed by atoms with Crippen LogP contribution in [0.15, 0.2) is 29.3 Å². The van der Waals surface area contributed by atoms with E-state index in [4.69, 9.17) is 5.84 Å². The number of benzene rings is 1. The normalized spacial score (nSPS) is 17.3. The Balaban J connectivity index is 2.04. The lowest BCUT2D eigenvalue weighted by atomic mass is 9.87. The number of hydrazine groups is 1. The van der Waals surface area contributed by atoms with Crippen LogP contribution in [0.2, 0.25) is 0 Å². The van der Waals surface area contributed by atoms with E-state index >= 15 is 0 Å². The number of guanidine groups is 1. The second-order valence-corrected chi connectivity index (χ2v) is 6.51. The number of nitrogens with zero attached hydrogens (tertiary/aromatic N) is 1. The van der Waals surface area contributed by atoms with E-state index in [-0.39, 0.29) is 5.41 Å². The Kier molecular flexibility index (Phi) is 4.65. The molecule has 0 heterocycles. The van der Waals surface area contributed by atoms with Crippen LogP contribution in [0.3, 0.4) is 0 Å². The molecule has 0 spiro atoms. The third-order valence-corrected chi connectivity index (χ3v) is 3.79. The molecule has 0 bridgehead atoms. The summed E-state index contributed by atoms with van der Waals surface area (Å²) in [6.45, 7) is 6.64. The standard InChI is InChI=1S/C16H26N4/c1-16(2,3)12-8-10-14(11-9-12)19-15(20-17)18-13-6-4-5-7-13/h8-11,13H,4-7,17H2,1-3H3,(H2,18,19,20). The van der Waals surface area contributed by atoms with E-state index in [0.29, 0.717) is 12.0 Å². The van der Waals surface area contributed by atoms with Gasteiger partial charge in [-0.05, 0) is 36.0 Å². The lowest BCUT2D eigenvalue weighted by molar-refractivity contribution is 0.590. The summed E-state index contributed by atoms with van der Waals surface area (Å²) in [5.41, 5.74) is 5.16. The molecular formula is C16H26N4. The average Bonchev–Trinajstić information content (AvgIpc) is 2.90. The molecule has 0 atom stereocenters. The summed E-state index contributed by atoms with van der Waals surface area (Å²) in [5, 5.41) is 3.25. The maximum atomic E-state index is 5.55.